The first kappa shape index (κ1) is 26.6. The summed E-state index contributed by atoms with van der Waals surface area (Å²) in [7, 11) is 0. The van der Waals surface area contributed by atoms with E-state index in [1.807, 2.05) is 19.1 Å². The molecule has 3 amide bonds. The lowest BCUT2D eigenvalue weighted by molar-refractivity contribution is -0.120. The topological polar surface area (TPSA) is 105 Å². The number of imide groups is 1. The molecule has 0 atom stereocenters. The zero-order valence-corrected chi connectivity index (χ0v) is 21.8. The summed E-state index contributed by atoms with van der Waals surface area (Å²) in [6.45, 7) is 5.52. The van der Waals surface area contributed by atoms with Crippen molar-refractivity contribution in [2.75, 3.05) is 15.5 Å². The van der Waals surface area contributed by atoms with Gasteiger partial charge in [-0.05, 0) is 74.4 Å². The molecule has 38 heavy (non-hydrogen) atoms. The number of halogens is 1. The maximum atomic E-state index is 13.1. The quantitative estimate of drug-likeness (QED) is 0.294. The number of anilines is 3. The molecule has 9 heteroatoms. The summed E-state index contributed by atoms with van der Waals surface area (Å²) in [5, 5.41) is 5.40. The number of hydrogen-bond donors (Lipinski definition) is 2. The lowest BCUT2D eigenvalue weighted by Gasteiger charge is -2.15. The second-order valence-electron chi connectivity index (χ2n) is 8.85. The van der Waals surface area contributed by atoms with Crippen molar-refractivity contribution in [3.8, 4) is 0 Å². The van der Waals surface area contributed by atoms with Crippen molar-refractivity contribution in [2.24, 2.45) is 0 Å². The number of aryl methyl sites for hydroxylation is 1. The number of nitrogens with zero attached hydrogens (tertiary/aromatic N) is 1. The molecule has 1 heterocycles. The van der Waals surface area contributed by atoms with Crippen LogP contribution in [0.3, 0.4) is 0 Å². The lowest BCUT2D eigenvalue weighted by Crippen LogP contribution is -2.32. The van der Waals surface area contributed by atoms with Crippen molar-refractivity contribution < 1.29 is 23.9 Å². The number of esters is 1. The Hall–Kier alpha value is -4.43. The van der Waals surface area contributed by atoms with Gasteiger partial charge in [0.15, 0.2) is 0 Å². The van der Waals surface area contributed by atoms with Gasteiger partial charge in [0.2, 0.25) is 0 Å². The molecular formula is C29H26ClN3O5. The largest absolute Gasteiger partial charge is 0.459 e. The zero-order chi connectivity index (χ0) is 27.4. The van der Waals surface area contributed by atoms with E-state index in [0.717, 1.165) is 16.9 Å². The van der Waals surface area contributed by atoms with Crippen molar-refractivity contribution in [1.82, 2.24) is 0 Å². The van der Waals surface area contributed by atoms with Crippen LogP contribution >= 0.6 is 11.6 Å². The van der Waals surface area contributed by atoms with Gasteiger partial charge in [0.25, 0.3) is 17.7 Å². The van der Waals surface area contributed by atoms with Gasteiger partial charge in [0.1, 0.15) is 10.7 Å². The predicted molar refractivity (Wildman–Crippen MR) is 146 cm³/mol. The van der Waals surface area contributed by atoms with Crippen LogP contribution in [0.15, 0.2) is 83.5 Å². The van der Waals surface area contributed by atoms with Crippen molar-refractivity contribution in [2.45, 2.75) is 33.3 Å². The van der Waals surface area contributed by atoms with E-state index in [1.54, 1.807) is 62.4 Å². The molecule has 0 aromatic heterocycles. The Morgan fingerprint density at radius 1 is 0.895 bits per heavy atom. The summed E-state index contributed by atoms with van der Waals surface area (Å²) in [4.78, 5) is 51.9. The predicted octanol–water partition coefficient (Wildman–Crippen LogP) is 5.50. The first-order chi connectivity index (χ1) is 18.2. The standard InChI is InChI=1S/C29H26ClN3O5/c1-4-18-11-13-23(14-12-18)33-27(35)24(30)25(28(33)36)31-21-9-5-7-19(15-21)26(34)32-22-10-6-8-20(16-22)29(37)38-17(2)3/h5-17,31H,4H2,1-3H3,(H,32,34). The highest BCUT2D eigenvalue weighted by atomic mass is 35.5. The van der Waals surface area contributed by atoms with Gasteiger partial charge in [-0.1, -0.05) is 42.8 Å². The molecule has 4 rings (SSSR count). The Morgan fingerprint density at radius 3 is 2.18 bits per heavy atom. The number of hydrogen-bond acceptors (Lipinski definition) is 6. The summed E-state index contributed by atoms with van der Waals surface area (Å²) >= 11 is 6.25. The summed E-state index contributed by atoms with van der Waals surface area (Å²) in [5.74, 6) is -2.15. The van der Waals surface area contributed by atoms with Crippen LogP contribution < -0.4 is 15.5 Å². The molecule has 0 unspecified atom stereocenters. The summed E-state index contributed by atoms with van der Waals surface area (Å²) in [5.41, 5.74) is 2.81. The van der Waals surface area contributed by atoms with E-state index in [4.69, 9.17) is 16.3 Å². The van der Waals surface area contributed by atoms with Gasteiger partial charge in [0, 0.05) is 16.9 Å². The number of carbonyl (C=O) groups is 4. The monoisotopic (exact) mass is 531 g/mol. The summed E-state index contributed by atoms with van der Waals surface area (Å²) in [6, 6.07) is 19.9. The van der Waals surface area contributed by atoms with Crippen LogP contribution in [0.4, 0.5) is 17.1 Å². The van der Waals surface area contributed by atoms with E-state index >= 15 is 0 Å². The molecule has 0 bridgehead atoms. The molecule has 2 N–H and O–H groups in total. The lowest BCUT2D eigenvalue weighted by atomic mass is 10.1. The average molecular weight is 532 g/mol. The third-order valence-corrected chi connectivity index (χ3v) is 6.07. The first-order valence-electron chi connectivity index (χ1n) is 12.0. The highest BCUT2D eigenvalue weighted by molar-refractivity contribution is 6.53. The number of nitrogens with one attached hydrogen (secondary N) is 2. The average Bonchev–Trinajstić information content (AvgIpc) is 3.11. The van der Waals surface area contributed by atoms with Crippen LogP contribution in [0.1, 0.15) is 47.1 Å². The van der Waals surface area contributed by atoms with Crippen LogP contribution in [0.2, 0.25) is 0 Å². The number of amides is 3. The Balaban J connectivity index is 1.49. The van der Waals surface area contributed by atoms with Gasteiger partial charge in [-0.25, -0.2) is 9.69 Å². The fourth-order valence-corrected chi connectivity index (χ4v) is 4.03. The van der Waals surface area contributed by atoms with Gasteiger partial charge >= 0.3 is 5.97 Å². The van der Waals surface area contributed by atoms with Gasteiger partial charge in [-0.2, -0.15) is 0 Å². The number of rotatable bonds is 8. The molecule has 3 aromatic rings. The maximum Gasteiger partial charge on any atom is 0.338 e. The van der Waals surface area contributed by atoms with E-state index in [-0.39, 0.29) is 22.4 Å². The van der Waals surface area contributed by atoms with E-state index in [0.29, 0.717) is 22.6 Å². The van der Waals surface area contributed by atoms with Crippen molar-refractivity contribution in [1.29, 1.82) is 0 Å². The SMILES string of the molecule is CCc1ccc(N2C(=O)C(Cl)=C(Nc3cccc(C(=O)Nc4cccc(C(=O)OC(C)C)c4)c3)C2=O)cc1. The maximum absolute atomic E-state index is 13.1. The Kier molecular flexibility index (Phi) is 7.93. The van der Waals surface area contributed by atoms with E-state index in [2.05, 4.69) is 10.6 Å². The molecule has 194 valence electrons. The highest BCUT2D eigenvalue weighted by Gasteiger charge is 2.39. The third kappa shape index (κ3) is 5.76. The van der Waals surface area contributed by atoms with Gasteiger partial charge < -0.3 is 15.4 Å². The minimum atomic E-state index is -0.631. The molecule has 0 saturated carbocycles. The molecule has 0 radical (unpaired) electrons. The van der Waals surface area contributed by atoms with E-state index in [1.165, 1.54) is 12.1 Å². The molecule has 1 aliphatic rings. The highest BCUT2D eigenvalue weighted by Crippen LogP contribution is 2.30. The second kappa shape index (κ2) is 11.3. The fraction of sp³-hybridized carbons (Fsp3) is 0.172. The van der Waals surface area contributed by atoms with Crippen LogP contribution in [0.25, 0.3) is 0 Å². The smallest absolute Gasteiger partial charge is 0.338 e. The molecule has 8 nitrogen and oxygen atoms in total. The summed E-state index contributed by atoms with van der Waals surface area (Å²) in [6.07, 6.45) is 0.559. The second-order valence-corrected chi connectivity index (χ2v) is 9.23. The molecular weight excluding hydrogens is 506 g/mol. The van der Waals surface area contributed by atoms with Crippen molar-refractivity contribution >= 4 is 52.4 Å². The van der Waals surface area contributed by atoms with Crippen LogP contribution in [-0.4, -0.2) is 29.8 Å². The van der Waals surface area contributed by atoms with Crippen molar-refractivity contribution in [3.63, 3.8) is 0 Å². The Labute approximate surface area is 225 Å². The normalized spacial score (nSPS) is 13.2. The van der Waals surface area contributed by atoms with Gasteiger partial charge in [-0.15, -0.1) is 0 Å². The molecule has 0 aliphatic carbocycles. The Bertz CT molecular complexity index is 1450. The van der Waals surface area contributed by atoms with E-state index in [9.17, 15) is 19.2 Å². The van der Waals surface area contributed by atoms with Crippen LogP contribution in [0.5, 0.6) is 0 Å². The molecule has 3 aromatic carbocycles. The molecule has 1 aliphatic heterocycles. The Morgan fingerprint density at radius 2 is 1.53 bits per heavy atom. The van der Waals surface area contributed by atoms with Crippen LogP contribution in [-0.2, 0) is 20.7 Å². The first-order valence-corrected chi connectivity index (χ1v) is 12.4. The summed E-state index contributed by atoms with van der Waals surface area (Å²) < 4.78 is 5.20. The number of ether oxygens (including phenoxy) is 1. The molecule has 0 fully saturated rings. The zero-order valence-electron chi connectivity index (χ0n) is 21.1. The fourth-order valence-electron chi connectivity index (χ4n) is 3.82. The third-order valence-electron chi connectivity index (χ3n) is 5.72. The van der Waals surface area contributed by atoms with Gasteiger partial charge in [0.05, 0.1) is 17.4 Å². The van der Waals surface area contributed by atoms with Crippen molar-refractivity contribution in [3.05, 3.63) is 100 Å². The van der Waals surface area contributed by atoms with Crippen LogP contribution in [0, 0.1) is 0 Å². The van der Waals surface area contributed by atoms with E-state index < -0.39 is 23.7 Å². The molecule has 0 spiro atoms. The molecule has 0 saturated heterocycles. The number of benzene rings is 3. The minimum absolute atomic E-state index is 0.0786. The number of carbonyl (C=O) groups excluding carboxylic acids is 4. The van der Waals surface area contributed by atoms with Gasteiger partial charge in [-0.3, -0.25) is 14.4 Å². The minimum Gasteiger partial charge on any atom is -0.459 e.